The van der Waals surface area contributed by atoms with Crippen LogP contribution < -0.4 is 5.56 Å². The van der Waals surface area contributed by atoms with Gasteiger partial charge in [0.2, 0.25) is 10.1 Å². The number of aromatic nitrogens is 6. The largest absolute Gasteiger partial charge is 0.275 e. The first-order valence-electron chi connectivity index (χ1n) is 8.21. The van der Waals surface area contributed by atoms with Crippen molar-refractivity contribution in [2.45, 2.75) is 30.7 Å². The molecule has 3 aromatic heterocycles. The van der Waals surface area contributed by atoms with Gasteiger partial charge in [0.15, 0.2) is 5.82 Å². The van der Waals surface area contributed by atoms with Crippen molar-refractivity contribution in [2.75, 3.05) is 0 Å². The van der Waals surface area contributed by atoms with Crippen LogP contribution in [0.15, 0.2) is 40.3 Å². The number of nitrogens with one attached hydrogen (secondary N) is 1. The minimum Gasteiger partial charge on any atom is -0.267 e. The van der Waals surface area contributed by atoms with Crippen LogP contribution >= 0.6 is 23.1 Å². The van der Waals surface area contributed by atoms with Crippen molar-refractivity contribution < 1.29 is 4.39 Å². The third-order valence-electron chi connectivity index (χ3n) is 3.75. The Hall–Kier alpha value is -2.59. The second kappa shape index (κ2) is 7.20. The number of nitrogens with zero attached hydrogens (tertiary/aromatic N) is 5. The third kappa shape index (κ3) is 3.62. The Morgan fingerprint density at radius 3 is 2.89 bits per heavy atom. The van der Waals surface area contributed by atoms with Crippen molar-refractivity contribution in [1.82, 2.24) is 29.8 Å². The molecule has 0 aliphatic carbocycles. The average Bonchev–Trinajstić information content (AvgIpc) is 3.27. The van der Waals surface area contributed by atoms with Gasteiger partial charge in [-0.15, -0.1) is 5.10 Å². The first-order valence-corrected chi connectivity index (χ1v) is 10.0. The van der Waals surface area contributed by atoms with E-state index < -0.39 is 0 Å². The normalized spacial score (nSPS) is 11.6. The third-order valence-corrected chi connectivity index (χ3v) is 5.84. The molecule has 4 rings (SSSR count). The smallest absolute Gasteiger partial charge is 0.267 e. The average molecular weight is 402 g/mol. The highest BCUT2D eigenvalue weighted by atomic mass is 32.2. The van der Waals surface area contributed by atoms with Gasteiger partial charge in [-0.05, 0) is 12.1 Å². The molecule has 0 aliphatic rings. The molecule has 10 heteroatoms. The molecular formula is C17H15FN6OS2. The molecule has 0 unspecified atom stereocenters. The molecule has 1 N–H and O–H groups in total. The van der Waals surface area contributed by atoms with Crippen molar-refractivity contribution in [1.29, 1.82) is 0 Å². The molecule has 1 aromatic carbocycles. The minimum absolute atomic E-state index is 0.208. The van der Waals surface area contributed by atoms with Crippen molar-refractivity contribution >= 4 is 28.1 Å². The fraction of sp³-hybridized carbons (Fsp3) is 0.235. The molecule has 0 aliphatic heterocycles. The number of rotatable bonds is 5. The van der Waals surface area contributed by atoms with E-state index in [1.807, 2.05) is 13.8 Å². The number of benzene rings is 1. The van der Waals surface area contributed by atoms with Crippen molar-refractivity contribution in [3.05, 3.63) is 57.2 Å². The molecule has 0 bridgehead atoms. The standard InChI is InChI=1S/C17H15FN6OS2/c1-9(2)15-23-24-13(25)7-10(19-17(24)27-15)8-26-16-20-14(21-22-16)11-5-3-4-6-12(11)18/h3-7,9H,8H2,1-2H3,(H,20,21,22). The van der Waals surface area contributed by atoms with E-state index in [0.29, 0.717) is 33.0 Å². The molecule has 0 amide bonds. The SMILES string of the molecule is CC(C)c1nn2c(=O)cc(CSc3n[nH]c(-c4ccccc4F)n3)nc2s1. The lowest BCUT2D eigenvalue weighted by atomic mass is 10.2. The molecule has 138 valence electrons. The van der Waals surface area contributed by atoms with Crippen molar-refractivity contribution in [2.24, 2.45) is 0 Å². The van der Waals surface area contributed by atoms with Crippen LogP contribution in [0, 0.1) is 5.82 Å². The van der Waals surface area contributed by atoms with E-state index >= 15 is 0 Å². The molecule has 3 heterocycles. The molecule has 0 fully saturated rings. The fourth-order valence-electron chi connectivity index (χ4n) is 2.40. The van der Waals surface area contributed by atoms with Crippen LogP contribution in [0.4, 0.5) is 4.39 Å². The van der Waals surface area contributed by atoms with Crippen LogP contribution in [0.25, 0.3) is 16.3 Å². The van der Waals surface area contributed by atoms with E-state index in [4.69, 9.17) is 0 Å². The number of halogens is 1. The number of H-pyrrole nitrogens is 1. The van der Waals surface area contributed by atoms with E-state index in [1.165, 1.54) is 39.7 Å². The summed E-state index contributed by atoms with van der Waals surface area (Å²) in [6, 6.07) is 7.83. The van der Waals surface area contributed by atoms with E-state index in [9.17, 15) is 9.18 Å². The highest BCUT2D eigenvalue weighted by molar-refractivity contribution is 7.98. The lowest BCUT2D eigenvalue weighted by Crippen LogP contribution is -2.15. The number of hydrogen-bond donors (Lipinski definition) is 1. The van der Waals surface area contributed by atoms with Crippen molar-refractivity contribution in [3.63, 3.8) is 0 Å². The Bertz CT molecular complexity index is 1170. The minimum atomic E-state index is -0.364. The highest BCUT2D eigenvalue weighted by Crippen LogP contribution is 2.24. The van der Waals surface area contributed by atoms with Crippen molar-refractivity contribution in [3.8, 4) is 11.4 Å². The first-order chi connectivity index (χ1) is 13.0. The fourth-order valence-corrected chi connectivity index (χ4v) is 4.02. The van der Waals surface area contributed by atoms with E-state index in [-0.39, 0.29) is 17.3 Å². The Morgan fingerprint density at radius 2 is 2.11 bits per heavy atom. The quantitative estimate of drug-likeness (QED) is 0.514. The molecule has 7 nitrogen and oxygen atoms in total. The van der Waals surface area contributed by atoms with Gasteiger partial charge in [0.1, 0.15) is 10.8 Å². The zero-order chi connectivity index (χ0) is 19.0. The summed E-state index contributed by atoms with van der Waals surface area (Å²) in [5.41, 5.74) is 0.780. The van der Waals surface area contributed by atoms with Crippen LogP contribution in [-0.2, 0) is 5.75 Å². The maximum absolute atomic E-state index is 13.8. The summed E-state index contributed by atoms with van der Waals surface area (Å²) in [5, 5.41) is 12.5. The lowest BCUT2D eigenvalue weighted by Gasteiger charge is -1.98. The molecule has 0 saturated carbocycles. The summed E-state index contributed by atoms with van der Waals surface area (Å²) in [6.07, 6.45) is 0. The second-order valence-corrected chi connectivity index (χ2v) is 8.04. The maximum atomic E-state index is 13.8. The number of fused-ring (bicyclic) bond motifs is 1. The zero-order valence-corrected chi connectivity index (χ0v) is 16.1. The molecule has 27 heavy (non-hydrogen) atoms. The van der Waals surface area contributed by atoms with E-state index in [0.717, 1.165) is 5.01 Å². The summed E-state index contributed by atoms with van der Waals surface area (Å²) >= 11 is 2.73. The highest BCUT2D eigenvalue weighted by Gasteiger charge is 2.13. The van der Waals surface area contributed by atoms with Gasteiger partial charge in [0, 0.05) is 17.7 Å². The molecule has 0 spiro atoms. The van der Waals surface area contributed by atoms with E-state index in [1.54, 1.807) is 18.2 Å². The lowest BCUT2D eigenvalue weighted by molar-refractivity contribution is 0.630. The topological polar surface area (TPSA) is 88.8 Å². The van der Waals surface area contributed by atoms with Gasteiger partial charge < -0.3 is 0 Å². The maximum Gasteiger partial charge on any atom is 0.275 e. The predicted octanol–water partition coefficient (Wildman–Crippen LogP) is 3.49. The van der Waals surface area contributed by atoms with Gasteiger partial charge in [0.25, 0.3) is 5.56 Å². The van der Waals surface area contributed by atoms with E-state index in [2.05, 4.69) is 25.3 Å². The number of aromatic amines is 1. The van der Waals surface area contributed by atoms with Crippen LogP contribution in [0.1, 0.15) is 30.5 Å². The van der Waals surface area contributed by atoms with Crippen LogP contribution in [0.5, 0.6) is 0 Å². The van der Waals surface area contributed by atoms with Crippen LogP contribution in [0.3, 0.4) is 0 Å². The van der Waals surface area contributed by atoms with Gasteiger partial charge in [0.05, 0.1) is 11.3 Å². The Labute approximate surface area is 161 Å². The monoisotopic (exact) mass is 402 g/mol. The summed E-state index contributed by atoms with van der Waals surface area (Å²) in [4.78, 5) is 21.6. The zero-order valence-electron chi connectivity index (χ0n) is 14.5. The van der Waals surface area contributed by atoms with Crippen LogP contribution in [0.2, 0.25) is 0 Å². The van der Waals surface area contributed by atoms with Gasteiger partial charge in [-0.1, -0.05) is 49.1 Å². The predicted molar refractivity (Wildman–Crippen MR) is 103 cm³/mol. The van der Waals surface area contributed by atoms with Gasteiger partial charge in [-0.3, -0.25) is 9.89 Å². The van der Waals surface area contributed by atoms with Gasteiger partial charge >= 0.3 is 0 Å². The number of hydrogen-bond acceptors (Lipinski definition) is 7. The van der Waals surface area contributed by atoms with Crippen LogP contribution in [-0.4, -0.2) is 29.8 Å². The Kier molecular flexibility index (Phi) is 4.75. The molecule has 4 aromatic rings. The first kappa shape index (κ1) is 17.8. The summed E-state index contributed by atoms with van der Waals surface area (Å²) in [6.45, 7) is 4.05. The summed E-state index contributed by atoms with van der Waals surface area (Å²) < 4.78 is 15.2. The molecule has 0 saturated heterocycles. The second-order valence-electron chi connectivity index (χ2n) is 6.11. The Morgan fingerprint density at radius 1 is 1.30 bits per heavy atom. The summed E-state index contributed by atoms with van der Waals surface area (Å²) in [5.74, 6) is 0.661. The molecular weight excluding hydrogens is 387 g/mol. The number of thioether (sulfide) groups is 1. The Balaban J connectivity index is 1.54. The van der Waals surface area contributed by atoms with Gasteiger partial charge in [-0.2, -0.15) is 9.61 Å². The summed E-state index contributed by atoms with van der Waals surface area (Å²) in [7, 11) is 0. The van der Waals surface area contributed by atoms with Gasteiger partial charge in [-0.25, -0.2) is 14.4 Å². The molecule has 0 radical (unpaired) electrons. The molecule has 0 atom stereocenters.